The Bertz CT molecular complexity index is 138. The van der Waals surface area contributed by atoms with E-state index >= 15 is 0 Å². The van der Waals surface area contributed by atoms with Crippen LogP contribution in [0.2, 0.25) is 0 Å². The van der Waals surface area contributed by atoms with Crippen LogP contribution in [0.15, 0.2) is 0 Å². The third-order valence-corrected chi connectivity index (χ3v) is 2.08. The van der Waals surface area contributed by atoms with Gasteiger partial charge in [-0.15, -0.1) is 0 Å². The molecule has 1 heterocycles. The second-order valence-corrected chi connectivity index (χ2v) is 3.03. The Morgan fingerprint density at radius 3 is 2.33 bits per heavy atom. The first-order chi connectivity index (χ1) is 5.66. The molecular weight excluding hydrogens is 164 g/mol. The SMILES string of the molecule is OCC1COCC(O)C(O)[C@@H]1O. The van der Waals surface area contributed by atoms with Gasteiger partial charge in [0.1, 0.15) is 12.2 Å². The van der Waals surface area contributed by atoms with Crippen molar-refractivity contribution >= 4 is 0 Å². The first kappa shape index (κ1) is 9.88. The highest BCUT2D eigenvalue weighted by Crippen LogP contribution is 2.15. The molecule has 5 heteroatoms. The summed E-state index contributed by atoms with van der Waals surface area (Å²) in [6.07, 6.45) is -3.42. The topological polar surface area (TPSA) is 90.2 Å². The van der Waals surface area contributed by atoms with Crippen LogP contribution in [0.4, 0.5) is 0 Å². The number of aliphatic hydroxyl groups excluding tert-OH is 4. The quantitative estimate of drug-likeness (QED) is 0.363. The Morgan fingerprint density at radius 1 is 1.08 bits per heavy atom. The largest absolute Gasteiger partial charge is 0.396 e. The Hall–Kier alpha value is -0.200. The van der Waals surface area contributed by atoms with E-state index in [0.717, 1.165) is 0 Å². The molecule has 1 aliphatic heterocycles. The summed E-state index contributed by atoms with van der Waals surface area (Å²) in [5.41, 5.74) is 0. The highest BCUT2D eigenvalue weighted by molar-refractivity contribution is 4.83. The van der Waals surface area contributed by atoms with Gasteiger partial charge >= 0.3 is 0 Å². The van der Waals surface area contributed by atoms with Crippen LogP contribution in [0.3, 0.4) is 0 Å². The van der Waals surface area contributed by atoms with Gasteiger partial charge in [-0.2, -0.15) is 0 Å². The molecule has 0 radical (unpaired) electrons. The molecule has 0 aromatic heterocycles. The van der Waals surface area contributed by atoms with Crippen LogP contribution < -0.4 is 0 Å². The van der Waals surface area contributed by atoms with Gasteiger partial charge in [0.25, 0.3) is 0 Å². The smallest absolute Gasteiger partial charge is 0.108 e. The van der Waals surface area contributed by atoms with Crippen molar-refractivity contribution in [1.82, 2.24) is 0 Å². The summed E-state index contributed by atoms with van der Waals surface area (Å²) in [6.45, 7) is -0.106. The Labute approximate surface area is 70.2 Å². The van der Waals surface area contributed by atoms with Gasteiger partial charge in [-0.25, -0.2) is 0 Å². The summed E-state index contributed by atoms with van der Waals surface area (Å²) in [5.74, 6) is -0.517. The minimum absolute atomic E-state index is 0.00523. The molecule has 1 aliphatic rings. The summed E-state index contributed by atoms with van der Waals surface area (Å²) in [4.78, 5) is 0. The fourth-order valence-corrected chi connectivity index (χ4v) is 1.20. The standard InChI is InChI=1S/C7H14O5/c8-1-4-2-12-3-5(9)7(11)6(4)10/h4-11H,1-3H2/t4?,5?,6-,7?/m1/s1. The van der Waals surface area contributed by atoms with Crippen molar-refractivity contribution in [3.05, 3.63) is 0 Å². The van der Waals surface area contributed by atoms with Crippen LogP contribution in [-0.4, -0.2) is 58.6 Å². The summed E-state index contributed by atoms with van der Waals surface area (Å²) in [7, 11) is 0. The minimum atomic E-state index is -1.23. The van der Waals surface area contributed by atoms with E-state index < -0.39 is 24.2 Å². The fraction of sp³-hybridized carbons (Fsp3) is 1.00. The molecule has 1 saturated heterocycles. The average molecular weight is 178 g/mol. The van der Waals surface area contributed by atoms with Crippen molar-refractivity contribution < 1.29 is 25.2 Å². The number of aliphatic hydroxyl groups is 4. The Morgan fingerprint density at radius 2 is 1.75 bits per heavy atom. The zero-order chi connectivity index (χ0) is 9.14. The predicted molar refractivity (Wildman–Crippen MR) is 39.4 cm³/mol. The Balaban J connectivity index is 2.59. The summed E-state index contributed by atoms with van der Waals surface area (Å²) in [5, 5.41) is 36.5. The molecule has 1 rings (SSSR count). The van der Waals surface area contributed by atoms with Gasteiger partial charge in [-0.3, -0.25) is 0 Å². The molecule has 4 N–H and O–H groups in total. The molecule has 4 atom stereocenters. The molecule has 0 aliphatic carbocycles. The van der Waals surface area contributed by atoms with E-state index in [4.69, 9.17) is 14.9 Å². The Kier molecular flexibility index (Phi) is 3.42. The summed E-state index contributed by atoms with van der Waals surface area (Å²) < 4.78 is 4.92. The van der Waals surface area contributed by atoms with Crippen LogP contribution in [0.5, 0.6) is 0 Å². The second kappa shape index (κ2) is 4.15. The lowest BCUT2D eigenvalue weighted by Crippen LogP contribution is -2.42. The van der Waals surface area contributed by atoms with Gasteiger partial charge in [0.05, 0.1) is 25.9 Å². The van der Waals surface area contributed by atoms with Crippen molar-refractivity contribution in [3.8, 4) is 0 Å². The second-order valence-electron chi connectivity index (χ2n) is 3.03. The maximum Gasteiger partial charge on any atom is 0.108 e. The van der Waals surface area contributed by atoms with Gasteiger partial charge in [0, 0.05) is 5.92 Å². The molecule has 12 heavy (non-hydrogen) atoms. The van der Waals surface area contributed by atoms with Crippen molar-refractivity contribution in [2.75, 3.05) is 19.8 Å². The molecule has 0 spiro atoms. The van der Waals surface area contributed by atoms with Crippen molar-refractivity contribution in [2.24, 2.45) is 5.92 Å². The van der Waals surface area contributed by atoms with Crippen molar-refractivity contribution in [1.29, 1.82) is 0 Å². The van der Waals surface area contributed by atoms with Gasteiger partial charge in [-0.05, 0) is 0 Å². The van der Waals surface area contributed by atoms with Gasteiger partial charge in [0.15, 0.2) is 0 Å². The van der Waals surface area contributed by atoms with Gasteiger partial charge in [0.2, 0.25) is 0 Å². The van der Waals surface area contributed by atoms with Crippen LogP contribution in [-0.2, 0) is 4.74 Å². The highest BCUT2D eigenvalue weighted by atomic mass is 16.5. The first-order valence-corrected chi connectivity index (χ1v) is 3.89. The van der Waals surface area contributed by atoms with Crippen LogP contribution in [0.1, 0.15) is 0 Å². The molecule has 3 unspecified atom stereocenters. The molecule has 0 aromatic rings. The molecule has 5 nitrogen and oxygen atoms in total. The van der Waals surface area contributed by atoms with E-state index in [9.17, 15) is 10.2 Å². The molecular formula is C7H14O5. The van der Waals surface area contributed by atoms with Crippen LogP contribution in [0.25, 0.3) is 0 Å². The third kappa shape index (κ3) is 1.94. The van der Waals surface area contributed by atoms with E-state index in [1.165, 1.54) is 0 Å². The maximum absolute atomic E-state index is 9.34. The van der Waals surface area contributed by atoms with E-state index in [2.05, 4.69) is 0 Å². The zero-order valence-electron chi connectivity index (χ0n) is 6.63. The van der Waals surface area contributed by atoms with E-state index in [1.54, 1.807) is 0 Å². The lowest BCUT2D eigenvalue weighted by Gasteiger charge is -2.22. The molecule has 0 bridgehead atoms. The van der Waals surface area contributed by atoms with Gasteiger partial charge in [-0.1, -0.05) is 0 Å². The van der Waals surface area contributed by atoms with E-state index in [-0.39, 0.29) is 19.8 Å². The number of ether oxygens (including phenoxy) is 1. The predicted octanol–water partition coefficient (Wildman–Crippen LogP) is -2.29. The molecule has 1 fully saturated rings. The number of hydrogen-bond acceptors (Lipinski definition) is 5. The summed E-state index contributed by atoms with van der Waals surface area (Å²) in [6, 6.07) is 0. The maximum atomic E-state index is 9.34. The van der Waals surface area contributed by atoms with Gasteiger partial charge < -0.3 is 25.2 Å². The molecule has 72 valence electrons. The highest BCUT2D eigenvalue weighted by Gasteiger charge is 2.34. The monoisotopic (exact) mass is 178 g/mol. The number of hydrogen-bond donors (Lipinski definition) is 4. The van der Waals surface area contributed by atoms with Crippen LogP contribution in [0, 0.1) is 5.92 Å². The van der Waals surface area contributed by atoms with E-state index in [1.807, 2.05) is 0 Å². The van der Waals surface area contributed by atoms with Crippen molar-refractivity contribution in [3.63, 3.8) is 0 Å². The first-order valence-electron chi connectivity index (χ1n) is 3.89. The summed E-state index contributed by atoms with van der Waals surface area (Å²) >= 11 is 0. The third-order valence-electron chi connectivity index (χ3n) is 2.08. The molecule has 0 saturated carbocycles. The number of rotatable bonds is 1. The average Bonchev–Trinajstić information content (AvgIpc) is 2.19. The normalized spacial score (nSPS) is 44.0. The fourth-order valence-electron chi connectivity index (χ4n) is 1.20. The molecule has 0 amide bonds. The lowest BCUT2D eigenvalue weighted by atomic mass is 9.98. The minimum Gasteiger partial charge on any atom is -0.396 e. The van der Waals surface area contributed by atoms with Crippen molar-refractivity contribution in [2.45, 2.75) is 18.3 Å². The zero-order valence-corrected chi connectivity index (χ0v) is 6.63. The van der Waals surface area contributed by atoms with Crippen LogP contribution >= 0.6 is 0 Å². The molecule has 0 aromatic carbocycles. The van der Waals surface area contributed by atoms with E-state index in [0.29, 0.717) is 0 Å². The lowest BCUT2D eigenvalue weighted by molar-refractivity contribution is -0.0758.